The third kappa shape index (κ3) is 2.69. The van der Waals surface area contributed by atoms with Crippen LogP contribution in [0.2, 0.25) is 10.0 Å². The molecule has 2 aromatic carbocycles. The zero-order chi connectivity index (χ0) is 13.3. The van der Waals surface area contributed by atoms with Gasteiger partial charge in [0.2, 0.25) is 0 Å². The van der Waals surface area contributed by atoms with Gasteiger partial charge in [-0.1, -0.05) is 39.1 Å². The fraction of sp³-hybridized carbons (Fsp3) is 0. The normalized spacial score (nSPS) is 10.4. The maximum Gasteiger partial charge on any atom is 0.196 e. The molecule has 92 valence electrons. The van der Waals surface area contributed by atoms with Crippen LogP contribution in [0, 0.1) is 0 Å². The number of carbonyl (C=O) groups excluding carboxylic acids is 1. The zero-order valence-electron chi connectivity index (χ0n) is 9.08. The standard InChI is InChI=1S/C13H8BrCl2NO/c14-7-1-3-9(11(15)5-7)13(18)10-4-2-8(17)6-12(10)16/h1-6H,17H2. The molecule has 18 heavy (non-hydrogen) atoms. The van der Waals surface area contributed by atoms with Gasteiger partial charge >= 0.3 is 0 Å². The van der Waals surface area contributed by atoms with Crippen molar-refractivity contribution < 1.29 is 4.79 Å². The van der Waals surface area contributed by atoms with Crippen molar-refractivity contribution in [3.8, 4) is 0 Å². The Balaban J connectivity index is 2.48. The molecule has 0 amide bonds. The van der Waals surface area contributed by atoms with Crippen molar-refractivity contribution in [3.63, 3.8) is 0 Å². The lowest BCUT2D eigenvalue weighted by Crippen LogP contribution is -2.03. The molecule has 2 aromatic rings. The molecule has 0 saturated carbocycles. The van der Waals surface area contributed by atoms with E-state index in [1.807, 2.05) is 0 Å². The Morgan fingerprint density at radius 1 is 1.00 bits per heavy atom. The molecule has 0 saturated heterocycles. The van der Waals surface area contributed by atoms with Crippen LogP contribution < -0.4 is 5.73 Å². The lowest BCUT2D eigenvalue weighted by molar-refractivity contribution is 0.103. The van der Waals surface area contributed by atoms with Crippen molar-refractivity contribution in [2.75, 3.05) is 5.73 Å². The van der Waals surface area contributed by atoms with Gasteiger partial charge in [-0.05, 0) is 36.4 Å². The molecule has 0 aliphatic heterocycles. The van der Waals surface area contributed by atoms with Gasteiger partial charge in [-0.15, -0.1) is 0 Å². The summed E-state index contributed by atoms with van der Waals surface area (Å²) in [4.78, 5) is 12.3. The van der Waals surface area contributed by atoms with Crippen LogP contribution in [-0.4, -0.2) is 5.78 Å². The molecule has 0 aromatic heterocycles. The van der Waals surface area contributed by atoms with Gasteiger partial charge in [0, 0.05) is 21.3 Å². The van der Waals surface area contributed by atoms with Crippen molar-refractivity contribution >= 4 is 50.6 Å². The van der Waals surface area contributed by atoms with E-state index in [1.54, 1.807) is 36.4 Å². The van der Waals surface area contributed by atoms with Gasteiger partial charge in [-0.25, -0.2) is 0 Å². The lowest BCUT2D eigenvalue weighted by atomic mass is 10.0. The highest BCUT2D eigenvalue weighted by atomic mass is 79.9. The Hall–Kier alpha value is -1.03. The van der Waals surface area contributed by atoms with Crippen molar-refractivity contribution in [1.29, 1.82) is 0 Å². The van der Waals surface area contributed by atoms with Gasteiger partial charge in [0.1, 0.15) is 0 Å². The molecule has 0 atom stereocenters. The van der Waals surface area contributed by atoms with Crippen LogP contribution in [0.1, 0.15) is 15.9 Å². The predicted octanol–water partition coefficient (Wildman–Crippen LogP) is 4.57. The second-order valence-corrected chi connectivity index (χ2v) is 5.42. The van der Waals surface area contributed by atoms with Gasteiger partial charge in [-0.2, -0.15) is 0 Å². The second-order valence-electron chi connectivity index (χ2n) is 3.69. The Morgan fingerprint density at radius 3 is 2.11 bits per heavy atom. The minimum Gasteiger partial charge on any atom is -0.399 e. The number of hydrogen-bond acceptors (Lipinski definition) is 2. The Bertz CT molecular complexity index is 575. The topological polar surface area (TPSA) is 43.1 Å². The summed E-state index contributed by atoms with van der Waals surface area (Å²) in [6.45, 7) is 0. The summed E-state index contributed by atoms with van der Waals surface area (Å²) < 4.78 is 0.812. The van der Waals surface area contributed by atoms with Crippen molar-refractivity contribution in [2.45, 2.75) is 0 Å². The lowest BCUT2D eigenvalue weighted by Gasteiger charge is -2.06. The van der Waals surface area contributed by atoms with Crippen LogP contribution in [-0.2, 0) is 0 Å². The first kappa shape index (κ1) is 13.4. The summed E-state index contributed by atoms with van der Waals surface area (Å²) in [6, 6.07) is 9.84. The molecule has 0 aliphatic rings. The number of nitrogen functional groups attached to an aromatic ring is 1. The van der Waals surface area contributed by atoms with Crippen molar-refractivity contribution in [3.05, 3.63) is 62.0 Å². The highest BCUT2D eigenvalue weighted by Crippen LogP contribution is 2.27. The third-order valence-corrected chi connectivity index (χ3v) is 3.53. The molecule has 5 heteroatoms. The number of ketones is 1. The van der Waals surface area contributed by atoms with E-state index in [2.05, 4.69) is 15.9 Å². The number of nitrogens with two attached hydrogens (primary N) is 1. The quantitative estimate of drug-likeness (QED) is 0.640. The van der Waals surface area contributed by atoms with Crippen molar-refractivity contribution in [1.82, 2.24) is 0 Å². The first-order valence-electron chi connectivity index (χ1n) is 5.04. The number of anilines is 1. The van der Waals surface area contributed by atoms with E-state index in [0.717, 1.165) is 4.47 Å². The summed E-state index contributed by atoms with van der Waals surface area (Å²) in [5.41, 5.74) is 6.89. The van der Waals surface area contributed by atoms with Crippen molar-refractivity contribution in [2.24, 2.45) is 0 Å². The highest BCUT2D eigenvalue weighted by molar-refractivity contribution is 9.10. The molecule has 0 radical (unpaired) electrons. The first-order chi connectivity index (χ1) is 8.49. The van der Waals surface area contributed by atoms with Gasteiger partial charge in [0.05, 0.1) is 10.0 Å². The van der Waals surface area contributed by atoms with E-state index in [-0.39, 0.29) is 5.78 Å². The van der Waals surface area contributed by atoms with Gasteiger partial charge < -0.3 is 5.73 Å². The van der Waals surface area contributed by atoms with Crippen LogP contribution in [0.3, 0.4) is 0 Å². The smallest absolute Gasteiger partial charge is 0.196 e. The Labute approximate surface area is 123 Å². The summed E-state index contributed by atoms with van der Waals surface area (Å²) >= 11 is 15.3. The molecule has 0 unspecified atom stereocenters. The van der Waals surface area contributed by atoms with Gasteiger partial charge in [0.25, 0.3) is 0 Å². The molecular formula is C13H8BrCl2NO. The third-order valence-electron chi connectivity index (χ3n) is 2.41. The summed E-state index contributed by atoms with van der Waals surface area (Å²) in [6.07, 6.45) is 0. The fourth-order valence-corrected chi connectivity index (χ4v) is 2.57. The molecule has 2 N–H and O–H groups in total. The number of carbonyl (C=O) groups is 1. The number of rotatable bonds is 2. The summed E-state index contributed by atoms with van der Waals surface area (Å²) in [5, 5.41) is 0.696. The van der Waals surface area contributed by atoms with E-state index in [4.69, 9.17) is 28.9 Å². The molecule has 0 aliphatic carbocycles. The number of halogens is 3. The minimum atomic E-state index is -0.225. The van der Waals surface area contributed by atoms with Gasteiger partial charge in [0.15, 0.2) is 5.78 Å². The fourth-order valence-electron chi connectivity index (χ4n) is 1.53. The zero-order valence-corrected chi connectivity index (χ0v) is 12.2. The highest BCUT2D eigenvalue weighted by Gasteiger charge is 2.16. The minimum absolute atomic E-state index is 0.225. The molecule has 0 bridgehead atoms. The molecule has 2 nitrogen and oxygen atoms in total. The molecule has 0 heterocycles. The maximum atomic E-state index is 12.3. The summed E-state index contributed by atoms with van der Waals surface area (Å²) in [7, 11) is 0. The van der Waals surface area contributed by atoms with E-state index < -0.39 is 0 Å². The summed E-state index contributed by atoms with van der Waals surface area (Å²) in [5.74, 6) is -0.225. The van der Waals surface area contributed by atoms with E-state index in [1.165, 1.54) is 0 Å². The van der Waals surface area contributed by atoms with Crippen LogP contribution in [0.4, 0.5) is 5.69 Å². The number of benzene rings is 2. The Kier molecular flexibility index (Phi) is 3.95. The number of hydrogen-bond donors (Lipinski definition) is 1. The average Bonchev–Trinajstić information content (AvgIpc) is 2.28. The molecule has 0 fully saturated rings. The van der Waals surface area contributed by atoms with E-state index >= 15 is 0 Å². The first-order valence-corrected chi connectivity index (χ1v) is 6.58. The monoisotopic (exact) mass is 343 g/mol. The average molecular weight is 345 g/mol. The van der Waals surface area contributed by atoms with E-state index in [9.17, 15) is 4.79 Å². The second kappa shape index (κ2) is 5.31. The molecule has 0 spiro atoms. The van der Waals surface area contributed by atoms with Crippen LogP contribution in [0.25, 0.3) is 0 Å². The molecule has 2 rings (SSSR count). The largest absolute Gasteiger partial charge is 0.399 e. The van der Waals surface area contributed by atoms with E-state index in [0.29, 0.717) is 26.9 Å². The SMILES string of the molecule is Nc1ccc(C(=O)c2ccc(Br)cc2Cl)c(Cl)c1. The van der Waals surface area contributed by atoms with Crippen LogP contribution in [0.15, 0.2) is 40.9 Å². The predicted molar refractivity (Wildman–Crippen MR) is 78.4 cm³/mol. The van der Waals surface area contributed by atoms with Crippen LogP contribution in [0.5, 0.6) is 0 Å². The molecular weight excluding hydrogens is 337 g/mol. The van der Waals surface area contributed by atoms with Gasteiger partial charge in [-0.3, -0.25) is 4.79 Å². The Morgan fingerprint density at radius 2 is 1.56 bits per heavy atom. The maximum absolute atomic E-state index is 12.3. The van der Waals surface area contributed by atoms with Crippen LogP contribution >= 0.6 is 39.1 Å².